The molecule has 0 saturated heterocycles. The molecule has 0 nitrogen and oxygen atoms in total. The van der Waals surface area contributed by atoms with Gasteiger partial charge >= 0.3 is 0 Å². The highest BCUT2D eigenvalue weighted by atomic mass is 35.5. The molecule has 0 aliphatic rings. The first-order chi connectivity index (χ1) is 16.5. The average Bonchev–Trinajstić information content (AvgIpc) is 3.30. The highest BCUT2D eigenvalue weighted by Crippen LogP contribution is 2.48. The van der Waals surface area contributed by atoms with Crippen LogP contribution in [0.5, 0.6) is 0 Å². The van der Waals surface area contributed by atoms with Gasteiger partial charge in [-0.1, -0.05) is 82.8 Å². The van der Waals surface area contributed by atoms with Gasteiger partial charge in [-0.05, 0) is 112 Å². The molecule has 4 heteroatoms. The molecule has 0 unspecified atom stereocenters. The van der Waals surface area contributed by atoms with E-state index < -0.39 is 0 Å². The number of benzene rings is 6. The molecule has 0 heterocycles. The molecule has 0 bridgehead atoms. The summed E-state index contributed by atoms with van der Waals surface area (Å²) < 4.78 is 0. The Hall–Kier alpha value is -2.74. The molecule has 0 N–H and O–H groups in total. The van der Waals surface area contributed by atoms with Crippen LogP contribution in [-0.4, -0.2) is 0 Å². The van der Waals surface area contributed by atoms with Crippen LogP contribution in [0.4, 0.5) is 0 Å². The first-order valence-corrected chi connectivity index (χ1v) is 12.5. The van der Waals surface area contributed by atoms with Crippen molar-refractivity contribution in [2.75, 3.05) is 0 Å². The molecule has 34 heavy (non-hydrogen) atoms. The second-order valence-corrected chi connectivity index (χ2v) is 10.7. The zero-order chi connectivity index (χ0) is 22.9. The molecule has 0 aromatic heterocycles. The van der Waals surface area contributed by atoms with Crippen LogP contribution in [0.25, 0.3) is 75.4 Å². The summed E-state index contributed by atoms with van der Waals surface area (Å²) in [6, 6.07) is 25.7. The molecular formula is C30H12Cl4. The molecule has 160 valence electrons. The quantitative estimate of drug-likeness (QED) is 0.177. The van der Waals surface area contributed by atoms with Crippen LogP contribution < -0.4 is 0 Å². The van der Waals surface area contributed by atoms with Crippen LogP contribution in [0.3, 0.4) is 0 Å². The van der Waals surface area contributed by atoms with E-state index in [4.69, 9.17) is 46.4 Å². The van der Waals surface area contributed by atoms with Crippen LogP contribution in [0.1, 0.15) is 0 Å². The number of hydrogen-bond donors (Lipinski definition) is 0. The van der Waals surface area contributed by atoms with Gasteiger partial charge in [-0.3, -0.25) is 0 Å². The normalized spacial score (nSPS) is 12.7. The van der Waals surface area contributed by atoms with Crippen molar-refractivity contribution in [3.8, 4) is 0 Å². The van der Waals surface area contributed by atoms with E-state index in [1.54, 1.807) is 0 Å². The molecule has 0 saturated carbocycles. The number of fused-ring (bicyclic) bond motifs is 9. The van der Waals surface area contributed by atoms with Crippen molar-refractivity contribution in [2.45, 2.75) is 0 Å². The summed E-state index contributed by atoms with van der Waals surface area (Å²) in [5, 5.41) is 19.0. The molecule has 8 aromatic carbocycles. The third-order valence-electron chi connectivity index (χ3n) is 7.40. The zero-order valence-corrected chi connectivity index (χ0v) is 20.5. The highest BCUT2D eigenvalue weighted by molar-refractivity contribution is 6.47. The number of hydrogen-bond acceptors (Lipinski definition) is 0. The summed E-state index contributed by atoms with van der Waals surface area (Å²) >= 11 is 25.8. The number of rotatable bonds is 0. The fourth-order valence-electron chi connectivity index (χ4n) is 6.03. The third kappa shape index (κ3) is 2.28. The molecule has 0 fully saturated rings. The Balaban J connectivity index is 1.70. The first kappa shape index (κ1) is 19.6. The molecule has 0 spiro atoms. The zero-order valence-electron chi connectivity index (χ0n) is 17.4. The lowest BCUT2D eigenvalue weighted by Crippen LogP contribution is -1.82. The van der Waals surface area contributed by atoms with Crippen LogP contribution in [0.2, 0.25) is 20.1 Å². The largest absolute Gasteiger partial charge is 0.0827 e. The van der Waals surface area contributed by atoms with Gasteiger partial charge in [0.1, 0.15) is 0 Å². The van der Waals surface area contributed by atoms with Crippen molar-refractivity contribution in [2.24, 2.45) is 0 Å². The van der Waals surface area contributed by atoms with Gasteiger partial charge in [0, 0.05) is 0 Å². The van der Waals surface area contributed by atoms with E-state index in [0.29, 0.717) is 20.1 Å². The smallest absolute Gasteiger partial charge is 0.0598 e. The lowest BCUT2D eigenvalue weighted by molar-refractivity contribution is 1.84. The van der Waals surface area contributed by atoms with Crippen molar-refractivity contribution in [1.82, 2.24) is 0 Å². The summed E-state index contributed by atoms with van der Waals surface area (Å²) in [7, 11) is 0. The molecule has 0 radical (unpaired) electrons. The van der Waals surface area contributed by atoms with Crippen LogP contribution in [0.15, 0.2) is 72.8 Å². The van der Waals surface area contributed by atoms with Gasteiger partial charge in [0.05, 0.1) is 20.1 Å². The van der Waals surface area contributed by atoms with Crippen molar-refractivity contribution in [1.29, 1.82) is 0 Å². The highest BCUT2D eigenvalue weighted by Gasteiger charge is 2.20. The minimum Gasteiger partial charge on any atom is -0.0827 e. The molecule has 8 rings (SSSR count). The van der Waals surface area contributed by atoms with Crippen molar-refractivity contribution < 1.29 is 0 Å². The fourth-order valence-corrected chi connectivity index (χ4v) is 6.68. The molecule has 0 aliphatic carbocycles. The van der Waals surface area contributed by atoms with Gasteiger partial charge in [0.15, 0.2) is 0 Å². The third-order valence-corrected chi connectivity index (χ3v) is 8.84. The average molecular weight is 514 g/mol. The fraction of sp³-hybridized carbons (Fsp3) is 0. The molecule has 0 amide bonds. The number of halogens is 4. The van der Waals surface area contributed by atoms with Crippen LogP contribution >= 0.6 is 46.4 Å². The molecular weight excluding hydrogens is 502 g/mol. The Kier molecular flexibility index (Phi) is 3.72. The molecule has 0 atom stereocenters. The molecule has 8 aromatic rings. The standard InChI is InChI=1S/C30H12Cl4/c31-25-9-19-15-5-1-3-13-17-7-24-22-12-28(34)26(32)10-20(22)16-6-2-4-14(30(16)24)18(17)8-23(29(13)15)21(19)11-27(25)33/h1-12H. The van der Waals surface area contributed by atoms with Crippen molar-refractivity contribution in [3.05, 3.63) is 92.9 Å². The summed E-state index contributed by atoms with van der Waals surface area (Å²) in [5.41, 5.74) is 0. The predicted octanol–water partition coefficient (Wildman–Crippen LogP) is 11.2. The van der Waals surface area contributed by atoms with Gasteiger partial charge in [-0.15, -0.1) is 0 Å². The van der Waals surface area contributed by atoms with E-state index in [-0.39, 0.29) is 0 Å². The lowest BCUT2D eigenvalue weighted by Gasteiger charge is -2.10. The van der Waals surface area contributed by atoms with Gasteiger partial charge in [0.25, 0.3) is 0 Å². The second-order valence-electron chi connectivity index (χ2n) is 9.02. The Morgan fingerprint density at radius 3 is 0.882 bits per heavy atom. The predicted molar refractivity (Wildman–Crippen MR) is 151 cm³/mol. The van der Waals surface area contributed by atoms with Crippen LogP contribution in [0, 0.1) is 0 Å². The van der Waals surface area contributed by atoms with E-state index in [1.165, 1.54) is 53.9 Å². The van der Waals surface area contributed by atoms with Gasteiger partial charge in [-0.2, -0.15) is 0 Å². The first-order valence-electron chi connectivity index (χ1n) is 11.0. The topological polar surface area (TPSA) is 0 Å². The Labute approximate surface area is 213 Å². The monoisotopic (exact) mass is 512 g/mol. The molecule has 0 aliphatic heterocycles. The minimum atomic E-state index is 0.575. The van der Waals surface area contributed by atoms with Gasteiger partial charge in [-0.25, -0.2) is 0 Å². The summed E-state index contributed by atoms with van der Waals surface area (Å²) in [6.07, 6.45) is 0. The maximum atomic E-state index is 6.46. The maximum Gasteiger partial charge on any atom is 0.0598 e. The maximum absolute atomic E-state index is 6.46. The van der Waals surface area contributed by atoms with E-state index in [9.17, 15) is 0 Å². The Morgan fingerprint density at radius 2 is 0.559 bits per heavy atom. The summed E-state index contributed by atoms with van der Waals surface area (Å²) in [5.74, 6) is 0. The Bertz CT molecular complexity index is 2000. The Morgan fingerprint density at radius 1 is 0.294 bits per heavy atom. The van der Waals surface area contributed by atoms with Crippen molar-refractivity contribution in [3.63, 3.8) is 0 Å². The van der Waals surface area contributed by atoms with E-state index >= 15 is 0 Å². The van der Waals surface area contributed by atoms with Crippen LogP contribution in [-0.2, 0) is 0 Å². The SMILES string of the molecule is Clc1cc2c(cc1Cl)c1cc3c(cc4c5cc(Cl)c(Cl)cc5c5cccc3c54)c3cccc2c31. The van der Waals surface area contributed by atoms with Gasteiger partial charge < -0.3 is 0 Å². The van der Waals surface area contributed by atoms with Gasteiger partial charge in [0.2, 0.25) is 0 Å². The second kappa shape index (κ2) is 6.47. The summed E-state index contributed by atoms with van der Waals surface area (Å²) in [4.78, 5) is 0. The van der Waals surface area contributed by atoms with E-state index in [1.807, 2.05) is 24.3 Å². The van der Waals surface area contributed by atoms with E-state index in [2.05, 4.69) is 48.5 Å². The summed E-state index contributed by atoms with van der Waals surface area (Å²) in [6.45, 7) is 0. The lowest BCUT2D eigenvalue weighted by atomic mass is 9.93. The van der Waals surface area contributed by atoms with Crippen molar-refractivity contribution >= 4 is 122 Å². The van der Waals surface area contributed by atoms with E-state index in [0.717, 1.165) is 21.5 Å². The minimum absolute atomic E-state index is 0.575.